The number of pyridine rings is 1. The van der Waals surface area contributed by atoms with Gasteiger partial charge in [-0.25, -0.2) is 0 Å². The second-order valence-corrected chi connectivity index (χ2v) is 13.2. The van der Waals surface area contributed by atoms with E-state index in [1.54, 1.807) is 0 Å². The number of allylic oxidation sites excluding steroid dienone is 1. The summed E-state index contributed by atoms with van der Waals surface area (Å²) in [6.45, 7) is 0. The maximum absolute atomic E-state index is 9.25. The molecule has 236 valence electrons. The summed E-state index contributed by atoms with van der Waals surface area (Å²) >= 11 is 0. The van der Waals surface area contributed by atoms with Crippen LogP contribution in [0.4, 0.5) is 0 Å². The van der Waals surface area contributed by atoms with Crippen LogP contribution in [0, 0.1) is 5.41 Å². The number of nitrogens with zero attached hydrogens (tertiary/aromatic N) is 3. The zero-order valence-electron chi connectivity index (χ0n) is 27.3. The standard InChI is InChI=1S/C46H32N4/c47-40(31-24-27-43-37(28-31)35-20-10-12-22-42(35)49(43)34-18-8-3-9-19-34)25-26-41-38-29-46(32-14-4-1-5-15-32,33-16-6-2-7-17-33)50-44-23-13-11-21-36(44)39(30-48-41)45(38)50/h1-28,30,47H,29H2/b26-25-,47-40?. The van der Waals surface area contributed by atoms with E-state index >= 15 is 0 Å². The average molecular weight is 641 g/mol. The van der Waals surface area contributed by atoms with Crippen molar-refractivity contribution < 1.29 is 0 Å². The second-order valence-electron chi connectivity index (χ2n) is 13.2. The minimum Gasteiger partial charge on any atom is -0.325 e. The predicted molar refractivity (Wildman–Crippen MR) is 207 cm³/mol. The van der Waals surface area contributed by atoms with Crippen molar-refractivity contribution in [1.29, 1.82) is 5.41 Å². The molecule has 3 aromatic heterocycles. The molecule has 0 bridgehead atoms. The fourth-order valence-electron chi connectivity index (χ4n) is 8.39. The molecule has 4 heterocycles. The van der Waals surface area contributed by atoms with E-state index in [9.17, 15) is 5.41 Å². The molecule has 10 rings (SSSR count). The summed E-state index contributed by atoms with van der Waals surface area (Å²) in [5.74, 6) is 0. The van der Waals surface area contributed by atoms with Crippen LogP contribution in [-0.4, -0.2) is 19.8 Å². The molecule has 0 aliphatic carbocycles. The molecule has 1 aliphatic heterocycles. The first kappa shape index (κ1) is 28.5. The SMILES string of the molecule is N=C(/C=C\c1ncc2c3ccccc3n3c2c1CC3(c1ccccc1)c1ccccc1)c1ccc2c(c1)c1ccccc1n2-c1ccccc1. The molecule has 0 amide bonds. The Bertz CT molecular complexity index is 2750. The highest BCUT2D eigenvalue weighted by Gasteiger charge is 2.44. The smallest absolute Gasteiger partial charge is 0.0997 e. The number of fused-ring (bicyclic) bond motifs is 6. The molecule has 0 unspecified atom stereocenters. The molecule has 0 spiro atoms. The molecule has 4 heteroatoms. The van der Waals surface area contributed by atoms with Gasteiger partial charge in [0.15, 0.2) is 0 Å². The van der Waals surface area contributed by atoms with Gasteiger partial charge in [0.2, 0.25) is 0 Å². The maximum atomic E-state index is 9.25. The van der Waals surface area contributed by atoms with Crippen LogP contribution in [0.3, 0.4) is 0 Å². The molecule has 4 nitrogen and oxygen atoms in total. The summed E-state index contributed by atoms with van der Waals surface area (Å²) in [7, 11) is 0. The van der Waals surface area contributed by atoms with E-state index in [4.69, 9.17) is 4.98 Å². The lowest BCUT2D eigenvalue weighted by molar-refractivity contribution is 0.480. The Morgan fingerprint density at radius 1 is 0.600 bits per heavy atom. The average Bonchev–Trinajstić information content (AvgIpc) is 3.84. The lowest BCUT2D eigenvalue weighted by Crippen LogP contribution is -2.35. The predicted octanol–water partition coefficient (Wildman–Crippen LogP) is 10.7. The van der Waals surface area contributed by atoms with Gasteiger partial charge in [-0.05, 0) is 59.7 Å². The molecule has 1 N–H and O–H groups in total. The van der Waals surface area contributed by atoms with E-state index in [2.05, 4.69) is 161 Å². The molecule has 6 aromatic carbocycles. The molecule has 1 aliphatic rings. The van der Waals surface area contributed by atoms with Gasteiger partial charge in [0.25, 0.3) is 0 Å². The Labute approximate surface area is 289 Å². The Balaban J connectivity index is 1.11. The van der Waals surface area contributed by atoms with E-state index in [0.717, 1.165) is 45.2 Å². The van der Waals surface area contributed by atoms with Crippen LogP contribution < -0.4 is 0 Å². The Morgan fingerprint density at radius 2 is 1.18 bits per heavy atom. The minimum absolute atomic E-state index is 0.441. The van der Waals surface area contributed by atoms with Crippen LogP contribution in [0.2, 0.25) is 0 Å². The third kappa shape index (κ3) is 4.05. The molecule has 0 radical (unpaired) electrons. The number of nitrogens with one attached hydrogen (secondary N) is 1. The van der Waals surface area contributed by atoms with Crippen molar-refractivity contribution in [3.05, 3.63) is 198 Å². The second kappa shape index (κ2) is 11.0. The summed E-state index contributed by atoms with van der Waals surface area (Å²) in [6, 6.07) is 55.8. The molecular formula is C46H32N4. The highest BCUT2D eigenvalue weighted by atomic mass is 15.1. The number of para-hydroxylation sites is 3. The van der Waals surface area contributed by atoms with Gasteiger partial charge >= 0.3 is 0 Å². The van der Waals surface area contributed by atoms with Crippen LogP contribution in [0.15, 0.2) is 170 Å². The molecule has 0 fully saturated rings. The topological polar surface area (TPSA) is 46.6 Å². The molecule has 0 saturated carbocycles. The van der Waals surface area contributed by atoms with Crippen LogP contribution in [0.5, 0.6) is 0 Å². The van der Waals surface area contributed by atoms with Gasteiger partial charge in [-0.1, -0.05) is 121 Å². The number of benzene rings is 6. The van der Waals surface area contributed by atoms with Crippen LogP contribution in [-0.2, 0) is 12.0 Å². The quantitative estimate of drug-likeness (QED) is 0.181. The lowest BCUT2D eigenvalue weighted by Gasteiger charge is -2.34. The molecular weight excluding hydrogens is 609 g/mol. The summed E-state index contributed by atoms with van der Waals surface area (Å²) in [6.07, 6.45) is 6.75. The largest absolute Gasteiger partial charge is 0.325 e. The monoisotopic (exact) mass is 640 g/mol. The van der Waals surface area contributed by atoms with Crippen LogP contribution in [0.25, 0.3) is 55.4 Å². The maximum Gasteiger partial charge on any atom is 0.0997 e. The highest BCUT2D eigenvalue weighted by Crippen LogP contribution is 2.50. The molecule has 9 aromatic rings. The highest BCUT2D eigenvalue weighted by molar-refractivity contribution is 6.15. The Morgan fingerprint density at radius 3 is 1.88 bits per heavy atom. The number of aromatic nitrogens is 3. The number of hydrogen-bond acceptors (Lipinski definition) is 2. The number of rotatable bonds is 6. The van der Waals surface area contributed by atoms with E-state index in [1.165, 1.54) is 38.5 Å². The van der Waals surface area contributed by atoms with E-state index in [-0.39, 0.29) is 0 Å². The van der Waals surface area contributed by atoms with Crippen molar-refractivity contribution in [1.82, 2.24) is 14.1 Å². The minimum atomic E-state index is -0.441. The summed E-state index contributed by atoms with van der Waals surface area (Å²) in [4.78, 5) is 5.08. The summed E-state index contributed by atoms with van der Waals surface area (Å²) in [5, 5.41) is 13.9. The van der Waals surface area contributed by atoms with Crippen molar-refractivity contribution in [2.75, 3.05) is 0 Å². The first-order valence-corrected chi connectivity index (χ1v) is 17.1. The lowest BCUT2D eigenvalue weighted by atomic mass is 9.79. The van der Waals surface area contributed by atoms with E-state index < -0.39 is 5.54 Å². The summed E-state index contributed by atoms with van der Waals surface area (Å²) in [5.41, 5.74) is 11.3. The Kier molecular flexibility index (Phi) is 6.27. The normalized spacial score (nSPS) is 13.7. The van der Waals surface area contributed by atoms with Gasteiger partial charge < -0.3 is 14.5 Å². The Hall–Kier alpha value is -6.52. The first-order valence-electron chi connectivity index (χ1n) is 17.1. The van der Waals surface area contributed by atoms with Gasteiger partial charge in [0, 0.05) is 51.0 Å². The van der Waals surface area contributed by atoms with Crippen LogP contribution >= 0.6 is 0 Å². The molecule has 0 atom stereocenters. The third-order valence-corrected chi connectivity index (χ3v) is 10.6. The van der Waals surface area contributed by atoms with Gasteiger partial charge in [0.1, 0.15) is 0 Å². The van der Waals surface area contributed by atoms with Gasteiger partial charge in [0.05, 0.1) is 39.0 Å². The summed E-state index contributed by atoms with van der Waals surface area (Å²) < 4.78 is 4.86. The number of hydrogen-bond donors (Lipinski definition) is 1. The molecule has 0 saturated heterocycles. The third-order valence-electron chi connectivity index (χ3n) is 10.6. The van der Waals surface area contributed by atoms with Crippen molar-refractivity contribution in [2.24, 2.45) is 0 Å². The fraction of sp³-hybridized carbons (Fsp3) is 0.0435. The van der Waals surface area contributed by atoms with E-state index in [0.29, 0.717) is 5.71 Å². The van der Waals surface area contributed by atoms with Crippen molar-refractivity contribution in [2.45, 2.75) is 12.0 Å². The van der Waals surface area contributed by atoms with Gasteiger partial charge in [-0.2, -0.15) is 0 Å². The van der Waals surface area contributed by atoms with Crippen LogP contribution in [0.1, 0.15) is 27.9 Å². The van der Waals surface area contributed by atoms with Gasteiger partial charge in [-0.15, -0.1) is 0 Å². The van der Waals surface area contributed by atoms with Crippen molar-refractivity contribution >= 4 is 55.4 Å². The van der Waals surface area contributed by atoms with Gasteiger partial charge in [-0.3, -0.25) is 4.98 Å². The zero-order chi connectivity index (χ0) is 33.2. The van der Waals surface area contributed by atoms with Crippen molar-refractivity contribution in [3.8, 4) is 5.69 Å². The fourth-order valence-corrected chi connectivity index (χ4v) is 8.39. The van der Waals surface area contributed by atoms with E-state index in [1.807, 2.05) is 24.4 Å². The first-order chi connectivity index (χ1) is 24.7. The zero-order valence-corrected chi connectivity index (χ0v) is 27.3. The molecule has 50 heavy (non-hydrogen) atoms. The van der Waals surface area contributed by atoms with Crippen molar-refractivity contribution in [3.63, 3.8) is 0 Å².